The molecule has 2 aromatic carbocycles. The molecule has 11 heteroatoms. The van der Waals surface area contributed by atoms with E-state index in [1.165, 1.54) is 23.7 Å². The van der Waals surface area contributed by atoms with Gasteiger partial charge in [-0.3, -0.25) is 19.6 Å². The summed E-state index contributed by atoms with van der Waals surface area (Å²) in [5.41, 5.74) is 3.03. The summed E-state index contributed by atoms with van der Waals surface area (Å²) in [6.07, 6.45) is 1.81. The summed E-state index contributed by atoms with van der Waals surface area (Å²) in [4.78, 5) is 36.9. The van der Waals surface area contributed by atoms with Gasteiger partial charge in [0, 0.05) is 24.2 Å². The number of furan rings is 1. The number of hydrogen-bond donors (Lipinski definition) is 4. The smallest absolute Gasteiger partial charge is 0.288 e. The van der Waals surface area contributed by atoms with Gasteiger partial charge in [0.25, 0.3) is 5.91 Å². The van der Waals surface area contributed by atoms with Crippen molar-refractivity contribution in [3.63, 3.8) is 0 Å². The van der Waals surface area contributed by atoms with Crippen LogP contribution >= 0.6 is 0 Å². The SMILES string of the molecule is CS(=O)(=O)c1cccc(-c2ccc(C(=O)NCNC(=O)[C@H](CCc3ccccc3)CC(=O)NO)o2)c1. The predicted octanol–water partition coefficient (Wildman–Crippen LogP) is 2.30. The van der Waals surface area contributed by atoms with E-state index in [-0.39, 0.29) is 23.7 Å². The van der Waals surface area contributed by atoms with Crippen LogP contribution in [0.1, 0.15) is 29.0 Å². The molecule has 3 aromatic rings. The highest BCUT2D eigenvalue weighted by atomic mass is 32.2. The minimum Gasteiger partial charge on any atom is -0.451 e. The minimum absolute atomic E-state index is 0.0238. The Bertz CT molecular complexity index is 1320. The standard InChI is InChI=1S/C25H27N3O7S/c1-36(33,34)20-9-5-8-18(14-20)21-12-13-22(35-21)25(31)27-16-26-24(30)19(15-23(29)28-32)11-10-17-6-3-2-4-7-17/h2-9,12-14,19,32H,10-11,15-16H2,1H3,(H,26,30)(H,27,31)(H,28,29)/t19-/m1/s1. The average Bonchev–Trinajstić information content (AvgIpc) is 3.37. The quantitative estimate of drug-likeness (QED) is 0.174. The van der Waals surface area contributed by atoms with Gasteiger partial charge in [0.2, 0.25) is 11.8 Å². The lowest BCUT2D eigenvalue weighted by Gasteiger charge is -2.16. The van der Waals surface area contributed by atoms with Gasteiger partial charge in [0.1, 0.15) is 5.76 Å². The monoisotopic (exact) mass is 513 g/mol. The zero-order valence-electron chi connectivity index (χ0n) is 19.6. The van der Waals surface area contributed by atoms with E-state index < -0.39 is 33.5 Å². The molecule has 0 bridgehead atoms. The number of sulfone groups is 1. The van der Waals surface area contributed by atoms with E-state index in [1.807, 2.05) is 30.3 Å². The number of carbonyl (C=O) groups is 3. The fourth-order valence-electron chi connectivity index (χ4n) is 3.52. The van der Waals surface area contributed by atoms with Crippen molar-refractivity contribution in [2.24, 2.45) is 5.92 Å². The summed E-state index contributed by atoms with van der Waals surface area (Å²) in [6.45, 7) is -0.208. The highest BCUT2D eigenvalue weighted by molar-refractivity contribution is 7.90. The van der Waals surface area contributed by atoms with Crippen LogP contribution in [0.25, 0.3) is 11.3 Å². The Morgan fingerprint density at radius 3 is 2.42 bits per heavy atom. The fourth-order valence-corrected chi connectivity index (χ4v) is 4.19. The van der Waals surface area contributed by atoms with Gasteiger partial charge >= 0.3 is 0 Å². The van der Waals surface area contributed by atoms with E-state index in [0.717, 1.165) is 11.8 Å². The van der Waals surface area contributed by atoms with Crippen LogP contribution in [0.5, 0.6) is 0 Å². The second-order valence-corrected chi connectivity index (χ2v) is 10.2. The van der Waals surface area contributed by atoms with Crippen LogP contribution in [0.4, 0.5) is 0 Å². The van der Waals surface area contributed by atoms with Crippen LogP contribution in [0, 0.1) is 5.92 Å². The van der Waals surface area contributed by atoms with E-state index in [1.54, 1.807) is 18.2 Å². The molecule has 1 aromatic heterocycles. The lowest BCUT2D eigenvalue weighted by Crippen LogP contribution is -2.41. The van der Waals surface area contributed by atoms with Crippen molar-refractivity contribution in [2.75, 3.05) is 12.9 Å². The third-order valence-electron chi connectivity index (χ3n) is 5.44. The first-order chi connectivity index (χ1) is 17.2. The molecule has 3 rings (SSSR count). The third-order valence-corrected chi connectivity index (χ3v) is 6.55. The second-order valence-electron chi connectivity index (χ2n) is 8.15. The van der Waals surface area contributed by atoms with Gasteiger partial charge in [-0.05, 0) is 42.7 Å². The molecule has 0 aliphatic rings. The molecule has 1 atom stereocenters. The Kier molecular flexibility index (Phi) is 8.98. The summed E-state index contributed by atoms with van der Waals surface area (Å²) in [7, 11) is -3.40. The molecular formula is C25H27N3O7S. The van der Waals surface area contributed by atoms with Crippen LogP contribution in [0.2, 0.25) is 0 Å². The van der Waals surface area contributed by atoms with Crippen LogP contribution in [0.3, 0.4) is 0 Å². The normalized spacial score (nSPS) is 11.9. The number of rotatable bonds is 11. The topological polar surface area (TPSA) is 155 Å². The number of aryl methyl sites for hydroxylation is 1. The molecule has 0 unspecified atom stereocenters. The van der Waals surface area contributed by atoms with Crippen LogP contribution in [0.15, 0.2) is 76.0 Å². The molecule has 0 spiro atoms. The van der Waals surface area contributed by atoms with Gasteiger partial charge in [-0.15, -0.1) is 0 Å². The lowest BCUT2D eigenvalue weighted by atomic mass is 9.95. The molecule has 3 amide bonds. The first-order valence-electron chi connectivity index (χ1n) is 11.1. The number of hydroxylamine groups is 1. The zero-order chi connectivity index (χ0) is 26.1. The summed E-state index contributed by atoms with van der Waals surface area (Å²) >= 11 is 0. The maximum Gasteiger partial charge on any atom is 0.288 e. The van der Waals surface area contributed by atoms with Crippen LogP contribution < -0.4 is 16.1 Å². The molecule has 10 nitrogen and oxygen atoms in total. The Morgan fingerprint density at radius 2 is 1.72 bits per heavy atom. The number of nitrogens with one attached hydrogen (secondary N) is 3. The molecule has 36 heavy (non-hydrogen) atoms. The summed E-state index contributed by atoms with van der Waals surface area (Å²) in [6, 6.07) is 18.6. The molecular weight excluding hydrogens is 486 g/mol. The van der Waals surface area contributed by atoms with E-state index in [4.69, 9.17) is 9.62 Å². The van der Waals surface area contributed by atoms with Crippen molar-refractivity contribution in [3.8, 4) is 11.3 Å². The van der Waals surface area contributed by atoms with E-state index in [9.17, 15) is 22.8 Å². The molecule has 0 saturated carbocycles. The van der Waals surface area contributed by atoms with Crippen molar-refractivity contribution in [1.82, 2.24) is 16.1 Å². The first-order valence-corrected chi connectivity index (χ1v) is 13.0. The van der Waals surface area contributed by atoms with Crippen molar-refractivity contribution in [1.29, 1.82) is 0 Å². The van der Waals surface area contributed by atoms with Gasteiger partial charge in [-0.1, -0.05) is 42.5 Å². The van der Waals surface area contributed by atoms with Crippen molar-refractivity contribution in [2.45, 2.75) is 24.2 Å². The molecule has 0 aliphatic carbocycles. The number of carbonyl (C=O) groups excluding carboxylic acids is 3. The molecule has 190 valence electrons. The zero-order valence-corrected chi connectivity index (χ0v) is 20.4. The van der Waals surface area contributed by atoms with E-state index >= 15 is 0 Å². The molecule has 0 saturated heterocycles. The van der Waals surface area contributed by atoms with Crippen molar-refractivity contribution >= 4 is 27.6 Å². The van der Waals surface area contributed by atoms with Crippen molar-refractivity contribution in [3.05, 3.63) is 78.1 Å². The van der Waals surface area contributed by atoms with E-state index in [2.05, 4.69) is 10.6 Å². The highest BCUT2D eigenvalue weighted by Gasteiger charge is 2.22. The maximum atomic E-state index is 12.6. The highest BCUT2D eigenvalue weighted by Crippen LogP contribution is 2.24. The van der Waals surface area contributed by atoms with Gasteiger partial charge in [0.05, 0.1) is 11.6 Å². The molecule has 1 heterocycles. The van der Waals surface area contributed by atoms with Crippen LogP contribution in [-0.4, -0.2) is 44.3 Å². The largest absolute Gasteiger partial charge is 0.451 e. The van der Waals surface area contributed by atoms with Crippen molar-refractivity contribution < 1.29 is 32.4 Å². The number of amides is 3. The first kappa shape index (κ1) is 26.6. The van der Waals surface area contributed by atoms with E-state index in [0.29, 0.717) is 24.2 Å². The van der Waals surface area contributed by atoms with Gasteiger partial charge in [-0.25, -0.2) is 13.9 Å². The number of benzene rings is 2. The Hall–Kier alpha value is -3.96. The predicted molar refractivity (Wildman–Crippen MR) is 131 cm³/mol. The second kappa shape index (κ2) is 12.1. The fraction of sp³-hybridized carbons (Fsp3) is 0.240. The van der Waals surface area contributed by atoms with Crippen LogP contribution in [-0.2, 0) is 25.8 Å². The molecule has 0 fully saturated rings. The Balaban J connectivity index is 1.56. The summed E-state index contributed by atoms with van der Waals surface area (Å²) in [5, 5.41) is 13.9. The molecule has 0 aliphatic heterocycles. The minimum atomic E-state index is -3.40. The summed E-state index contributed by atoms with van der Waals surface area (Å²) < 4.78 is 29.1. The lowest BCUT2D eigenvalue weighted by molar-refractivity contribution is -0.135. The summed E-state index contributed by atoms with van der Waals surface area (Å²) in [5.74, 6) is -2.15. The third kappa shape index (κ3) is 7.52. The molecule has 0 radical (unpaired) electrons. The number of hydrogen-bond acceptors (Lipinski definition) is 7. The van der Waals surface area contributed by atoms with Gasteiger partial charge in [-0.2, -0.15) is 0 Å². The molecule has 4 N–H and O–H groups in total. The van der Waals surface area contributed by atoms with Gasteiger partial charge in [0.15, 0.2) is 15.6 Å². The van der Waals surface area contributed by atoms with Gasteiger partial charge < -0.3 is 15.1 Å². The average molecular weight is 514 g/mol. The maximum absolute atomic E-state index is 12.6. The Labute approximate surface area is 208 Å². The Morgan fingerprint density at radius 1 is 0.972 bits per heavy atom.